The molecule has 0 fully saturated rings. The third-order valence-corrected chi connectivity index (χ3v) is 3.84. The monoisotopic (exact) mass is 266 g/mol. The minimum absolute atomic E-state index is 0.0303. The zero-order chi connectivity index (χ0) is 13.0. The Morgan fingerprint density at radius 2 is 2.00 bits per heavy atom. The van der Waals surface area contributed by atoms with Gasteiger partial charge in [-0.2, -0.15) is 5.10 Å². The highest BCUT2D eigenvalue weighted by Crippen LogP contribution is 2.09. The predicted octanol–water partition coefficient (Wildman–Crippen LogP) is 0.388. The number of hydrogen-bond donors (Lipinski definition) is 3. The van der Waals surface area contributed by atoms with Gasteiger partial charge in [0, 0.05) is 12.6 Å². The molecule has 0 aliphatic carbocycles. The van der Waals surface area contributed by atoms with Crippen LogP contribution in [0.1, 0.15) is 11.6 Å². The first-order valence-corrected chi connectivity index (χ1v) is 6.87. The maximum absolute atomic E-state index is 11.8. The van der Waals surface area contributed by atoms with Crippen molar-refractivity contribution in [3.05, 3.63) is 48.2 Å². The number of nitrogens with two attached hydrogens (primary N) is 1. The molecule has 0 saturated heterocycles. The second kappa shape index (κ2) is 5.30. The van der Waals surface area contributed by atoms with Crippen molar-refractivity contribution in [2.24, 2.45) is 5.73 Å². The lowest BCUT2D eigenvalue weighted by atomic mass is 10.1. The first-order valence-electron chi connectivity index (χ1n) is 5.39. The maximum Gasteiger partial charge on any atom is 0.257 e. The largest absolute Gasteiger partial charge is 0.323 e. The Labute approximate surface area is 105 Å². The van der Waals surface area contributed by atoms with E-state index in [9.17, 15) is 8.42 Å². The number of H-pyrrole nitrogens is 1. The van der Waals surface area contributed by atoms with Crippen molar-refractivity contribution in [1.82, 2.24) is 14.9 Å². The third kappa shape index (κ3) is 2.95. The highest BCUT2D eigenvalue weighted by atomic mass is 32.2. The lowest BCUT2D eigenvalue weighted by Crippen LogP contribution is -2.32. The topological polar surface area (TPSA) is 101 Å². The van der Waals surface area contributed by atoms with Gasteiger partial charge in [-0.1, -0.05) is 30.3 Å². The second-order valence-electron chi connectivity index (χ2n) is 3.79. The standard InChI is InChI=1S/C11H14N4O2S/c12-10(9-4-2-1-3-5-9)8-14-18(16,17)11-6-7-13-15-11/h1-7,10,14H,8,12H2,(H,13,15). The number of benzene rings is 1. The van der Waals surface area contributed by atoms with Crippen molar-refractivity contribution >= 4 is 10.0 Å². The van der Waals surface area contributed by atoms with Gasteiger partial charge in [-0.25, -0.2) is 13.1 Å². The first-order chi connectivity index (χ1) is 8.59. The molecule has 2 aromatic rings. The summed E-state index contributed by atoms with van der Waals surface area (Å²) in [6, 6.07) is 10.3. The van der Waals surface area contributed by atoms with E-state index in [-0.39, 0.29) is 17.6 Å². The Kier molecular flexibility index (Phi) is 3.75. The summed E-state index contributed by atoms with van der Waals surface area (Å²) in [5.74, 6) is 0. The Morgan fingerprint density at radius 3 is 2.61 bits per heavy atom. The van der Waals surface area contributed by atoms with Gasteiger partial charge >= 0.3 is 0 Å². The molecule has 2 rings (SSSR count). The highest BCUT2D eigenvalue weighted by Gasteiger charge is 2.16. The molecule has 1 heterocycles. The molecule has 0 aliphatic heterocycles. The van der Waals surface area contributed by atoms with Gasteiger partial charge in [-0.05, 0) is 11.6 Å². The van der Waals surface area contributed by atoms with Crippen molar-refractivity contribution in [1.29, 1.82) is 0 Å². The van der Waals surface area contributed by atoms with Gasteiger partial charge in [-0.15, -0.1) is 0 Å². The summed E-state index contributed by atoms with van der Waals surface area (Å²) in [6.45, 7) is 0.130. The lowest BCUT2D eigenvalue weighted by Gasteiger charge is -2.12. The average Bonchev–Trinajstić information content (AvgIpc) is 2.92. The molecule has 6 nitrogen and oxygen atoms in total. The van der Waals surface area contributed by atoms with E-state index in [1.54, 1.807) is 0 Å². The van der Waals surface area contributed by atoms with E-state index in [2.05, 4.69) is 14.9 Å². The van der Waals surface area contributed by atoms with Gasteiger partial charge < -0.3 is 5.73 Å². The molecule has 0 radical (unpaired) electrons. The number of rotatable bonds is 5. The number of sulfonamides is 1. The molecule has 1 aromatic carbocycles. The summed E-state index contributed by atoms with van der Waals surface area (Å²) < 4.78 is 26.0. The van der Waals surface area contributed by atoms with E-state index < -0.39 is 10.0 Å². The van der Waals surface area contributed by atoms with Gasteiger partial charge in [0.25, 0.3) is 10.0 Å². The van der Waals surface area contributed by atoms with Crippen LogP contribution >= 0.6 is 0 Å². The van der Waals surface area contributed by atoms with Crippen LogP contribution in [0.4, 0.5) is 0 Å². The van der Waals surface area contributed by atoms with E-state index in [4.69, 9.17) is 5.73 Å². The van der Waals surface area contributed by atoms with E-state index >= 15 is 0 Å². The second-order valence-corrected chi connectivity index (χ2v) is 5.53. The summed E-state index contributed by atoms with van der Waals surface area (Å²) in [5, 5.41) is 6.03. The van der Waals surface area contributed by atoms with Crippen molar-refractivity contribution in [2.75, 3.05) is 6.54 Å². The molecule has 1 atom stereocenters. The number of nitrogens with zero attached hydrogens (tertiary/aromatic N) is 1. The summed E-state index contributed by atoms with van der Waals surface area (Å²) in [6.07, 6.45) is 1.38. The van der Waals surface area contributed by atoms with Crippen LogP contribution in [0.15, 0.2) is 47.6 Å². The highest BCUT2D eigenvalue weighted by molar-refractivity contribution is 7.89. The molecule has 18 heavy (non-hydrogen) atoms. The summed E-state index contributed by atoms with van der Waals surface area (Å²) in [5.41, 5.74) is 6.78. The molecule has 7 heteroatoms. The zero-order valence-electron chi connectivity index (χ0n) is 9.58. The molecule has 0 spiro atoms. The van der Waals surface area contributed by atoms with E-state index in [0.717, 1.165) is 5.56 Å². The molecule has 0 amide bonds. The molecule has 0 bridgehead atoms. The molecular formula is C11H14N4O2S. The normalized spacial score (nSPS) is 13.4. The molecule has 0 saturated carbocycles. The van der Waals surface area contributed by atoms with Gasteiger partial charge in [0.1, 0.15) is 0 Å². The Hall–Kier alpha value is -1.70. The number of aromatic amines is 1. The van der Waals surface area contributed by atoms with E-state index in [0.29, 0.717) is 0 Å². The summed E-state index contributed by atoms with van der Waals surface area (Å²) in [4.78, 5) is 0. The first kappa shape index (κ1) is 12.7. The summed E-state index contributed by atoms with van der Waals surface area (Å²) >= 11 is 0. The zero-order valence-corrected chi connectivity index (χ0v) is 10.4. The summed E-state index contributed by atoms with van der Waals surface area (Å²) in [7, 11) is -3.57. The minimum Gasteiger partial charge on any atom is -0.323 e. The van der Waals surface area contributed by atoms with Crippen molar-refractivity contribution < 1.29 is 8.42 Å². The van der Waals surface area contributed by atoms with Gasteiger partial charge in [0.05, 0.1) is 6.20 Å². The molecule has 1 unspecified atom stereocenters. The van der Waals surface area contributed by atoms with E-state index in [1.165, 1.54) is 12.3 Å². The Balaban J connectivity index is 2.00. The maximum atomic E-state index is 11.8. The Bertz CT molecular complexity index is 581. The number of hydrogen-bond acceptors (Lipinski definition) is 4. The van der Waals surface area contributed by atoms with Crippen molar-refractivity contribution in [2.45, 2.75) is 11.1 Å². The lowest BCUT2D eigenvalue weighted by molar-refractivity contribution is 0.568. The van der Waals surface area contributed by atoms with Crippen LogP contribution < -0.4 is 10.5 Å². The van der Waals surface area contributed by atoms with Crippen LogP contribution in [-0.2, 0) is 10.0 Å². The SMILES string of the molecule is NC(CNS(=O)(=O)c1ccn[nH]1)c1ccccc1. The number of aromatic nitrogens is 2. The molecule has 1 aromatic heterocycles. The fourth-order valence-corrected chi connectivity index (χ4v) is 2.46. The van der Waals surface area contributed by atoms with Crippen LogP contribution in [0.5, 0.6) is 0 Å². The fraction of sp³-hybridized carbons (Fsp3) is 0.182. The van der Waals surface area contributed by atoms with Crippen molar-refractivity contribution in [3.63, 3.8) is 0 Å². The predicted molar refractivity (Wildman–Crippen MR) is 67.1 cm³/mol. The van der Waals surface area contributed by atoms with Crippen LogP contribution in [-0.4, -0.2) is 25.2 Å². The Morgan fingerprint density at radius 1 is 1.28 bits per heavy atom. The molecule has 4 N–H and O–H groups in total. The van der Waals surface area contributed by atoms with Crippen LogP contribution in [0, 0.1) is 0 Å². The molecule has 96 valence electrons. The van der Waals surface area contributed by atoms with E-state index in [1.807, 2.05) is 30.3 Å². The van der Waals surface area contributed by atoms with Crippen LogP contribution in [0.2, 0.25) is 0 Å². The van der Waals surface area contributed by atoms with Crippen molar-refractivity contribution in [3.8, 4) is 0 Å². The fourth-order valence-electron chi connectivity index (χ4n) is 1.49. The minimum atomic E-state index is -3.57. The van der Waals surface area contributed by atoms with Crippen LogP contribution in [0.25, 0.3) is 0 Å². The van der Waals surface area contributed by atoms with Gasteiger partial charge in [0.2, 0.25) is 0 Å². The molecular weight excluding hydrogens is 252 g/mol. The smallest absolute Gasteiger partial charge is 0.257 e. The average molecular weight is 266 g/mol. The third-order valence-electron chi connectivity index (χ3n) is 2.49. The molecule has 0 aliphatic rings. The quantitative estimate of drug-likeness (QED) is 0.728. The van der Waals surface area contributed by atoms with Crippen LogP contribution in [0.3, 0.4) is 0 Å². The number of nitrogens with one attached hydrogen (secondary N) is 2. The van der Waals surface area contributed by atoms with Gasteiger partial charge in [-0.3, -0.25) is 5.10 Å². The van der Waals surface area contributed by atoms with Gasteiger partial charge in [0.15, 0.2) is 5.03 Å².